The van der Waals surface area contributed by atoms with Crippen molar-refractivity contribution < 1.29 is 0 Å². The van der Waals surface area contributed by atoms with Crippen LogP contribution in [0.1, 0.15) is 26.7 Å². The smallest absolute Gasteiger partial charge is 0.00886 e. The van der Waals surface area contributed by atoms with Gasteiger partial charge in [-0.3, -0.25) is 0 Å². The molecule has 0 aromatic heterocycles. The Morgan fingerprint density at radius 2 is 2.00 bits per heavy atom. The first-order chi connectivity index (χ1) is 4.79. The van der Waals surface area contributed by atoms with Gasteiger partial charge >= 0.3 is 0 Å². The molecule has 52 valence electrons. The Labute approximate surface area is 61.9 Å². The van der Waals surface area contributed by atoms with E-state index in [1.165, 1.54) is 18.4 Å². The van der Waals surface area contributed by atoms with E-state index in [0.29, 0.717) is 0 Å². The van der Waals surface area contributed by atoms with E-state index < -0.39 is 0 Å². The number of hydrogen-bond donors (Lipinski definition) is 0. The molecule has 0 heteroatoms. The molecule has 2 aliphatic carbocycles. The van der Waals surface area contributed by atoms with Gasteiger partial charge in [-0.2, -0.15) is 0 Å². The second kappa shape index (κ2) is 1.85. The second-order valence-electron chi connectivity index (χ2n) is 3.24. The summed E-state index contributed by atoms with van der Waals surface area (Å²) in [4.78, 5) is 0. The maximum absolute atomic E-state index is 2.27. The summed E-state index contributed by atoms with van der Waals surface area (Å²) in [7, 11) is 0. The van der Waals surface area contributed by atoms with Gasteiger partial charge in [0.2, 0.25) is 0 Å². The lowest BCUT2D eigenvalue weighted by atomic mass is 10.1. The number of hydrogen-bond acceptors (Lipinski definition) is 0. The normalized spacial score (nSPS) is 23.0. The number of fused-ring (bicyclic) bond motifs is 1. The Bertz CT molecular complexity index is 262. The van der Waals surface area contributed by atoms with Crippen LogP contribution in [0.15, 0.2) is 34.4 Å². The molecule has 10 heavy (non-hydrogen) atoms. The fourth-order valence-electron chi connectivity index (χ4n) is 1.91. The summed E-state index contributed by atoms with van der Waals surface area (Å²) in [6.45, 7) is 4.49. The minimum Gasteiger partial charge on any atom is -0.0795 e. The summed E-state index contributed by atoms with van der Waals surface area (Å²) >= 11 is 0. The number of allylic oxidation sites excluding steroid dienone is 6. The summed E-state index contributed by atoms with van der Waals surface area (Å²) in [5.74, 6) is 0. The largest absolute Gasteiger partial charge is 0.0795 e. The van der Waals surface area contributed by atoms with Crippen molar-refractivity contribution in [2.45, 2.75) is 26.7 Å². The molecule has 0 N–H and O–H groups in total. The van der Waals surface area contributed by atoms with Crippen molar-refractivity contribution in [1.29, 1.82) is 0 Å². The Morgan fingerprint density at radius 1 is 1.20 bits per heavy atom. The molecule has 0 unspecified atom stereocenters. The van der Waals surface area contributed by atoms with Crippen LogP contribution in [0.4, 0.5) is 0 Å². The molecule has 0 nitrogen and oxygen atoms in total. The van der Waals surface area contributed by atoms with Crippen LogP contribution in [0.3, 0.4) is 0 Å². The standard InChI is InChI=1S/C10H12/c1-7-6-8(2)10-5-3-4-9(7)10/h3-4H,5-6H2,1-2H3. The van der Waals surface area contributed by atoms with E-state index in [-0.39, 0.29) is 0 Å². The lowest BCUT2D eigenvalue weighted by Crippen LogP contribution is -1.75. The van der Waals surface area contributed by atoms with Crippen molar-refractivity contribution in [3.63, 3.8) is 0 Å². The van der Waals surface area contributed by atoms with Gasteiger partial charge in [-0.1, -0.05) is 23.3 Å². The molecule has 0 bridgehead atoms. The molecule has 0 saturated heterocycles. The van der Waals surface area contributed by atoms with E-state index in [4.69, 9.17) is 0 Å². The first-order valence-corrected chi connectivity index (χ1v) is 3.84. The van der Waals surface area contributed by atoms with Gasteiger partial charge in [0.05, 0.1) is 0 Å². The Kier molecular flexibility index (Phi) is 1.10. The summed E-state index contributed by atoms with van der Waals surface area (Å²) in [5.41, 5.74) is 6.26. The van der Waals surface area contributed by atoms with Gasteiger partial charge in [0, 0.05) is 0 Å². The van der Waals surface area contributed by atoms with Gasteiger partial charge in [0.1, 0.15) is 0 Å². The van der Waals surface area contributed by atoms with E-state index in [0.717, 1.165) is 0 Å². The molecule has 2 rings (SSSR count). The highest BCUT2D eigenvalue weighted by molar-refractivity contribution is 5.56. The average Bonchev–Trinajstić information content (AvgIpc) is 2.39. The third kappa shape index (κ3) is 0.620. The van der Waals surface area contributed by atoms with Crippen molar-refractivity contribution in [3.05, 3.63) is 34.4 Å². The molecular formula is C10H12. The number of rotatable bonds is 0. The zero-order valence-electron chi connectivity index (χ0n) is 6.57. The third-order valence-corrected chi connectivity index (χ3v) is 2.44. The van der Waals surface area contributed by atoms with Crippen molar-refractivity contribution in [3.8, 4) is 0 Å². The van der Waals surface area contributed by atoms with Crippen LogP contribution in [0.25, 0.3) is 0 Å². The van der Waals surface area contributed by atoms with Gasteiger partial charge in [0.25, 0.3) is 0 Å². The monoisotopic (exact) mass is 132 g/mol. The minimum atomic E-state index is 1.18. The topological polar surface area (TPSA) is 0 Å². The zero-order chi connectivity index (χ0) is 7.14. The lowest BCUT2D eigenvalue weighted by Gasteiger charge is -1.94. The SMILES string of the molecule is CC1=C2C=CCC2=C(C)C1. The molecule has 0 atom stereocenters. The van der Waals surface area contributed by atoms with Gasteiger partial charge in [-0.25, -0.2) is 0 Å². The van der Waals surface area contributed by atoms with Crippen LogP contribution >= 0.6 is 0 Å². The van der Waals surface area contributed by atoms with E-state index in [1.54, 1.807) is 16.7 Å². The van der Waals surface area contributed by atoms with E-state index >= 15 is 0 Å². The highest BCUT2D eigenvalue weighted by atomic mass is 14.2. The maximum atomic E-state index is 2.27. The van der Waals surface area contributed by atoms with Gasteiger partial charge in [-0.05, 0) is 37.8 Å². The quantitative estimate of drug-likeness (QED) is 0.475. The summed E-state index contributed by atoms with van der Waals surface area (Å²) in [6, 6.07) is 0. The Hall–Kier alpha value is -0.780. The van der Waals surface area contributed by atoms with Crippen LogP contribution in [-0.4, -0.2) is 0 Å². The molecular weight excluding hydrogens is 120 g/mol. The van der Waals surface area contributed by atoms with Crippen molar-refractivity contribution in [2.75, 3.05) is 0 Å². The Balaban J connectivity index is 2.52. The predicted octanol–water partition coefficient (Wildman–Crippen LogP) is 2.98. The maximum Gasteiger partial charge on any atom is -0.00886 e. The molecule has 0 aromatic rings. The van der Waals surface area contributed by atoms with Gasteiger partial charge in [0.15, 0.2) is 0 Å². The third-order valence-electron chi connectivity index (χ3n) is 2.44. The van der Waals surface area contributed by atoms with Crippen LogP contribution in [0.5, 0.6) is 0 Å². The lowest BCUT2D eigenvalue weighted by molar-refractivity contribution is 1.12. The second-order valence-corrected chi connectivity index (χ2v) is 3.24. The molecule has 0 aliphatic heterocycles. The molecule has 2 aliphatic rings. The van der Waals surface area contributed by atoms with Crippen molar-refractivity contribution in [1.82, 2.24) is 0 Å². The zero-order valence-corrected chi connectivity index (χ0v) is 6.57. The molecule has 0 spiro atoms. The summed E-state index contributed by atoms with van der Waals surface area (Å²) in [5, 5.41) is 0. The molecule has 0 radical (unpaired) electrons. The highest BCUT2D eigenvalue weighted by Crippen LogP contribution is 2.38. The first-order valence-electron chi connectivity index (χ1n) is 3.84. The fraction of sp³-hybridized carbons (Fsp3) is 0.400. The van der Waals surface area contributed by atoms with E-state index in [1.807, 2.05) is 0 Å². The van der Waals surface area contributed by atoms with Crippen LogP contribution in [0.2, 0.25) is 0 Å². The molecule has 0 heterocycles. The fourth-order valence-corrected chi connectivity index (χ4v) is 1.91. The highest BCUT2D eigenvalue weighted by Gasteiger charge is 2.19. The van der Waals surface area contributed by atoms with E-state index in [9.17, 15) is 0 Å². The van der Waals surface area contributed by atoms with Crippen LogP contribution in [-0.2, 0) is 0 Å². The van der Waals surface area contributed by atoms with E-state index in [2.05, 4.69) is 26.0 Å². The van der Waals surface area contributed by atoms with Crippen LogP contribution in [0, 0.1) is 0 Å². The predicted molar refractivity (Wildman–Crippen MR) is 43.8 cm³/mol. The summed E-state index contributed by atoms with van der Waals surface area (Å²) < 4.78 is 0. The van der Waals surface area contributed by atoms with Gasteiger partial charge < -0.3 is 0 Å². The molecule has 0 amide bonds. The molecule has 0 fully saturated rings. The van der Waals surface area contributed by atoms with Gasteiger partial charge in [-0.15, -0.1) is 0 Å². The summed E-state index contributed by atoms with van der Waals surface area (Å²) in [6.07, 6.45) is 6.92. The Morgan fingerprint density at radius 3 is 2.70 bits per heavy atom. The van der Waals surface area contributed by atoms with Crippen molar-refractivity contribution in [2.24, 2.45) is 0 Å². The van der Waals surface area contributed by atoms with Crippen LogP contribution < -0.4 is 0 Å². The van der Waals surface area contributed by atoms with Crippen molar-refractivity contribution >= 4 is 0 Å². The molecule has 0 saturated carbocycles. The first kappa shape index (κ1) is 5.96. The molecule has 0 aromatic carbocycles. The average molecular weight is 132 g/mol. The minimum absolute atomic E-state index is 1.18.